The summed E-state index contributed by atoms with van der Waals surface area (Å²) in [5.41, 5.74) is 1.43. The molecule has 2 rings (SSSR count). The Hall–Kier alpha value is -1.14. The van der Waals surface area contributed by atoms with Gasteiger partial charge in [-0.1, -0.05) is 32.6 Å². The van der Waals surface area contributed by atoms with Crippen LogP contribution in [0.25, 0.3) is 11.2 Å². The molecule has 0 aliphatic carbocycles. The average molecular weight is 294 g/mol. The lowest BCUT2D eigenvalue weighted by atomic mass is 10.0. The molecule has 0 amide bonds. The second-order valence-electron chi connectivity index (χ2n) is 5.18. The number of fused-ring (bicyclic) bond motifs is 1. The molecule has 0 radical (unpaired) electrons. The van der Waals surface area contributed by atoms with E-state index < -0.39 is 6.10 Å². The molecule has 0 spiro atoms. The number of hydrogen-bond donors (Lipinski definition) is 2. The molecular formula is C14H22N4OS. The van der Waals surface area contributed by atoms with Crippen molar-refractivity contribution in [1.29, 1.82) is 0 Å². The zero-order chi connectivity index (χ0) is 14.5. The lowest BCUT2D eigenvalue weighted by Crippen LogP contribution is -2.21. The van der Waals surface area contributed by atoms with Gasteiger partial charge in [-0.2, -0.15) is 0 Å². The molecule has 0 saturated heterocycles. The van der Waals surface area contributed by atoms with Gasteiger partial charge in [0.2, 0.25) is 0 Å². The van der Waals surface area contributed by atoms with Crippen molar-refractivity contribution in [1.82, 2.24) is 19.5 Å². The molecule has 110 valence electrons. The Kier molecular flexibility index (Phi) is 5.37. The molecule has 0 bridgehead atoms. The zero-order valence-corrected chi connectivity index (χ0v) is 12.9. The minimum absolute atomic E-state index is 0.000473. The van der Waals surface area contributed by atoms with Gasteiger partial charge in [0.25, 0.3) is 0 Å². The third-order valence-corrected chi connectivity index (χ3v) is 3.93. The van der Waals surface area contributed by atoms with Crippen LogP contribution in [0.3, 0.4) is 0 Å². The Balaban J connectivity index is 2.21. The molecule has 0 fully saturated rings. The number of imidazole rings is 1. The van der Waals surface area contributed by atoms with Crippen LogP contribution in [0.4, 0.5) is 0 Å². The molecule has 0 aromatic carbocycles. The molecule has 20 heavy (non-hydrogen) atoms. The first-order valence-electron chi connectivity index (χ1n) is 7.19. The summed E-state index contributed by atoms with van der Waals surface area (Å²) in [7, 11) is 0. The van der Waals surface area contributed by atoms with Crippen molar-refractivity contribution >= 4 is 23.8 Å². The van der Waals surface area contributed by atoms with Crippen molar-refractivity contribution in [2.45, 2.75) is 63.1 Å². The number of hydrogen-bond acceptors (Lipinski definition) is 5. The van der Waals surface area contributed by atoms with E-state index in [-0.39, 0.29) is 6.04 Å². The summed E-state index contributed by atoms with van der Waals surface area (Å²) in [6, 6.07) is -0.000473. The van der Waals surface area contributed by atoms with E-state index in [2.05, 4.69) is 34.5 Å². The topological polar surface area (TPSA) is 63.8 Å². The molecule has 2 heterocycles. The molecular weight excluding hydrogens is 272 g/mol. The van der Waals surface area contributed by atoms with Gasteiger partial charge in [0.1, 0.15) is 16.9 Å². The van der Waals surface area contributed by atoms with E-state index in [9.17, 15) is 5.11 Å². The van der Waals surface area contributed by atoms with Gasteiger partial charge in [0, 0.05) is 0 Å². The standard InChI is InChI=1S/C14H22N4OS/c1-3-4-5-6-7-11(10(2)19)18-9-17-12-13(18)15-8-16-14(12)20/h8-11,19H,3-7H2,1-2H3,(H,15,16,20). The van der Waals surface area contributed by atoms with E-state index in [1.165, 1.54) is 25.6 Å². The number of nitrogens with zero attached hydrogens (tertiary/aromatic N) is 4. The largest absolute Gasteiger partial charge is 0.391 e. The SMILES string of the molecule is CCCCCCC(C(C)O)n1cnc2c(S)ncnc21. The van der Waals surface area contributed by atoms with Gasteiger partial charge in [-0.15, -0.1) is 12.6 Å². The van der Waals surface area contributed by atoms with Gasteiger partial charge in [0.15, 0.2) is 5.65 Å². The quantitative estimate of drug-likeness (QED) is 0.468. The van der Waals surface area contributed by atoms with Crippen LogP contribution in [-0.2, 0) is 0 Å². The zero-order valence-electron chi connectivity index (χ0n) is 12.0. The lowest BCUT2D eigenvalue weighted by molar-refractivity contribution is 0.124. The molecule has 0 aliphatic heterocycles. The third-order valence-electron chi connectivity index (χ3n) is 3.61. The summed E-state index contributed by atoms with van der Waals surface area (Å²) in [6.45, 7) is 4.01. The highest BCUT2D eigenvalue weighted by Gasteiger charge is 2.20. The maximum absolute atomic E-state index is 10.1. The van der Waals surface area contributed by atoms with Crippen molar-refractivity contribution in [3.8, 4) is 0 Å². The Morgan fingerprint density at radius 2 is 2.05 bits per heavy atom. The highest BCUT2D eigenvalue weighted by Crippen LogP contribution is 2.25. The second-order valence-corrected chi connectivity index (χ2v) is 5.60. The van der Waals surface area contributed by atoms with Crippen LogP contribution in [0, 0.1) is 0 Å². The van der Waals surface area contributed by atoms with Gasteiger partial charge in [0.05, 0.1) is 18.5 Å². The van der Waals surface area contributed by atoms with E-state index in [0.717, 1.165) is 18.5 Å². The Morgan fingerprint density at radius 1 is 1.25 bits per heavy atom. The van der Waals surface area contributed by atoms with E-state index >= 15 is 0 Å². The summed E-state index contributed by atoms with van der Waals surface area (Å²) in [5, 5.41) is 10.6. The van der Waals surface area contributed by atoms with Crippen molar-refractivity contribution in [3.05, 3.63) is 12.7 Å². The van der Waals surface area contributed by atoms with Crippen molar-refractivity contribution in [2.24, 2.45) is 0 Å². The minimum Gasteiger partial charge on any atom is -0.391 e. The summed E-state index contributed by atoms with van der Waals surface area (Å²) >= 11 is 4.29. The Bertz CT molecular complexity index is 555. The highest BCUT2D eigenvalue weighted by atomic mass is 32.1. The van der Waals surface area contributed by atoms with Crippen LogP contribution in [0.1, 0.15) is 52.0 Å². The maximum Gasteiger partial charge on any atom is 0.164 e. The lowest BCUT2D eigenvalue weighted by Gasteiger charge is -2.21. The molecule has 2 atom stereocenters. The monoisotopic (exact) mass is 294 g/mol. The summed E-state index contributed by atoms with van der Waals surface area (Å²) in [5.74, 6) is 0. The number of aliphatic hydroxyl groups excluding tert-OH is 1. The molecule has 2 aromatic rings. The predicted molar refractivity (Wildman–Crippen MR) is 82.1 cm³/mol. The maximum atomic E-state index is 10.1. The van der Waals surface area contributed by atoms with Crippen LogP contribution >= 0.6 is 12.6 Å². The van der Waals surface area contributed by atoms with Crippen LogP contribution < -0.4 is 0 Å². The molecule has 2 unspecified atom stereocenters. The summed E-state index contributed by atoms with van der Waals surface area (Å²) in [6.07, 6.45) is 8.45. The fourth-order valence-electron chi connectivity index (χ4n) is 2.48. The summed E-state index contributed by atoms with van der Waals surface area (Å²) < 4.78 is 1.95. The first kappa shape index (κ1) is 15.3. The number of unbranched alkanes of at least 4 members (excludes halogenated alkanes) is 3. The highest BCUT2D eigenvalue weighted by molar-refractivity contribution is 7.80. The van der Waals surface area contributed by atoms with Crippen molar-refractivity contribution < 1.29 is 5.11 Å². The van der Waals surface area contributed by atoms with Crippen molar-refractivity contribution in [3.63, 3.8) is 0 Å². The first-order valence-corrected chi connectivity index (χ1v) is 7.64. The van der Waals surface area contributed by atoms with E-state index in [1.54, 1.807) is 6.33 Å². The van der Waals surface area contributed by atoms with Crippen molar-refractivity contribution in [2.75, 3.05) is 0 Å². The van der Waals surface area contributed by atoms with Gasteiger partial charge < -0.3 is 9.67 Å². The Morgan fingerprint density at radius 3 is 2.75 bits per heavy atom. The number of thiol groups is 1. The van der Waals surface area contributed by atoms with Crippen LogP contribution in [0.15, 0.2) is 17.7 Å². The van der Waals surface area contributed by atoms with Gasteiger partial charge in [-0.05, 0) is 13.3 Å². The van der Waals surface area contributed by atoms with Crippen LogP contribution in [0.2, 0.25) is 0 Å². The number of aromatic nitrogens is 4. The molecule has 0 aliphatic rings. The molecule has 1 N–H and O–H groups in total. The Labute approximate surface area is 124 Å². The predicted octanol–water partition coefficient (Wildman–Crippen LogP) is 3.01. The number of aliphatic hydroxyl groups is 1. The average Bonchev–Trinajstić information content (AvgIpc) is 2.84. The fraction of sp³-hybridized carbons (Fsp3) is 0.643. The third kappa shape index (κ3) is 3.30. The van der Waals surface area contributed by atoms with Gasteiger partial charge in [-0.3, -0.25) is 0 Å². The number of rotatable bonds is 7. The first-order chi connectivity index (χ1) is 9.65. The summed E-state index contributed by atoms with van der Waals surface area (Å²) in [4.78, 5) is 12.6. The van der Waals surface area contributed by atoms with E-state index in [1.807, 2.05) is 11.5 Å². The molecule has 6 heteroatoms. The smallest absolute Gasteiger partial charge is 0.164 e. The van der Waals surface area contributed by atoms with Gasteiger partial charge in [-0.25, -0.2) is 15.0 Å². The second kappa shape index (κ2) is 7.04. The fourth-order valence-corrected chi connectivity index (χ4v) is 2.68. The van der Waals surface area contributed by atoms with Crippen LogP contribution in [0.5, 0.6) is 0 Å². The molecule has 2 aromatic heterocycles. The van der Waals surface area contributed by atoms with Crippen LogP contribution in [-0.4, -0.2) is 30.7 Å². The van der Waals surface area contributed by atoms with E-state index in [0.29, 0.717) is 10.5 Å². The molecule has 0 saturated carbocycles. The van der Waals surface area contributed by atoms with E-state index in [4.69, 9.17) is 0 Å². The molecule has 5 nitrogen and oxygen atoms in total. The van der Waals surface area contributed by atoms with Gasteiger partial charge >= 0.3 is 0 Å². The normalized spacial score (nSPS) is 14.6. The minimum atomic E-state index is -0.438.